The molecule has 0 aromatic heterocycles. The molecule has 1 unspecified atom stereocenters. The maximum absolute atomic E-state index is 12.8. The molecule has 1 atom stereocenters. The summed E-state index contributed by atoms with van der Waals surface area (Å²) in [6.45, 7) is 0.724. The van der Waals surface area contributed by atoms with Gasteiger partial charge in [-0.15, -0.1) is 0 Å². The van der Waals surface area contributed by atoms with E-state index in [4.69, 9.17) is 9.47 Å². The van der Waals surface area contributed by atoms with Crippen molar-refractivity contribution in [2.75, 3.05) is 27.3 Å². The molecule has 0 saturated heterocycles. The molecule has 0 saturated carbocycles. The molecule has 2 aromatic rings. The van der Waals surface area contributed by atoms with Crippen LogP contribution in [0.3, 0.4) is 0 Å². The largest absolute Gasteiger partial charge is 0.492 e. The lowest BCUT2D eigenvalue weighted by Crippen LogP contribution is -2.35. The molecule has 2 rings (SSSR count). The minimum absolute atomic E-state index is 0.138. The van der Waals surface area contributed by atoms with Gasteiger partial charge < -0.3 is 14.4 Å². The van der Waals surface area contributed by atoms with Crippen LogP contribution in [0.1, 0.15) is 11.7 Å². The quantitative estimate of drug-likeness (QED) is 0.788. The number of benzene rings is 2. The molecular weight excluding hydrogens is 297 g/mol. The van der Waals surface area contributed by atoms with E-state index < -0.39 is 6.10 Å². The lowest BCUT2D eigenvalue weighted by atomic mass is 10.1. The lowest BCUT2D eigenvalue weighted by Gasteiger charge is -2.23. The molecule has 0 N–H and O–H groups in total. The van der Waals surface area contributed by atoms with E-state index in [9.17, 15) is 9.18 Å². The first-order chi connectivity index (χ1) is 11.1. The van der Waals surface area contributed by atoms with Gasteiger partial charge in [0.1, 0.15) is 18.2 Å². The fraction of sp³-hybridized carbons (Fsp3) is 0.278. The van der Waals surface area contributed by atoms with Crippen LogP contribution >= 0.6 is 0 Å². The molecule has 5 heteroatoms. The predicted octanol–water partition coefficient (Wildman–Crippen LogP) is 3.05. The van der Waals surface area contributed by atoms with Crippen LogP contribution < -0.4 is 4.74 Å². The number of amides is 1. The van der Waals surface area contributed by atoms with Gasteiger partial charge in [0.15, 0.2) is 6.10 Å². The monoisotopic (exact) mass is 317 g/mol. The summed E-state index contributed by atoms with van der Waals surface area (Å²) in [5, 5.41) is 0. The van der Waals surface area contributed by atoms with Crippen molar-refractivity contribution in [3.63, 3.8) is 0 Å². The number of ether oxygens (including phenoxy) is 2. The molecule has 0 radical (unpaired) electrons. The van der Waals surface area contributed by atoms with Gasteiger partial charge >= 0.3 is 0 Å². The summed E-state index contributed by atoms with van der Waals surface area (Å²) in [6.07, 6.45) is -0.632. The average molecular weight is 317 g/mol. The maximum Gasteiger partial charge on any atom is 0.256 e. The Labute approximate surface area is 135 Å². The second-order valence-corrected chi connectivity index (χ2v) is 5.09. The van der Waals surface area contributed by atoms with Gasteiger partial charge in [0.2, 0.25) is 0 Å². The molecule has 0 heterocycles. The van der Waals surface area contributed by atoms with Crippen LogP contribution in [-0.4, -0.2) is 38.1 Å². The van der Waals surface area contributed by atoms with Crippen molar-refractivity contribution in [3.05, 3.63) is 66.0 Å². The molecular formula is C18H20FNO3. The van der Waals surface area contributed by atoms with Crippen LogP contribution in [0.25, 0.3) is 0 Å². The van der Waals surface area contributed by atoms with Gasteiger partial charge in [-0.05, 0) is 29.8 Å². The highest BCUT2D eigenvalue weighted by atomic mass is 19.1. The van der Waals surface area contributed by atoms with E-state index in [1.165, 1.54) is 19.2 Å². The van der Waals surface area contributed by atoms with E-state index >= 15 is 0 Å². The van der Waals surface area contributed by atoms with Gasteiger partial charge in [-0.2, -0.15) is 0 Å². The number of halogens is 1. The Morgan fingerprint density at radius 1 is 1.13 bits per heavy atom. The fourth-order valence-electron chi connectivity index (χ4n) is 2.15. The Balaban J connectivity index is 1.87. The van der Waals surface area contributed by atoms with E-state index in [0.717, 1.165) is 5.56 Å². The maximum atomic E-state index is 12.8. The zero-order valence-corrected chi connectivity index (χ0v) is 13.2. The Bertz CT molecular complexity index is 616. The zero-order valence-electron chi connectivity index (χ0n) is 13.2. The highest BCUT2D eigenvalue weighted by molar-refractivity contribution is 5.82. The standard InChI is InChI=1S/C18H20FNO3/c1-20(12-13-23-16-10-8-15(19)9-11-16)18(21)17(22-2)14-6-4-3-5-7-14/h3-11,17H,12-13H2,1-2H3. The second kappa shape index (κ2) is 8.29. The Morgan fingerprint density at radius 3 is 2.39 bits per heavy atom. The number of nitrogens with zero attached hydrogens (tertiary/aromatic N) is 1. The molecule has 0 fully saturated rings. The van der Waals surface area contributed by atoms with Crippen LogP contribution in [0.2, 0.25) is 0 Å². The number of hydrogen-bond donors (Lipinski definition) is 0. The van der Waals surface area contributed by atoms with Crippen LogP contribution in [0.5, 0.6) is 5.75 Å². The van der Waals surface area contributed by atoms with Crippen molar-refractivity contribution in [3.8, 4) is 5.75 Å². The molecule has 0 spiro atoms. The summed E-state index contributed by atoms with van der Waals surface area (Å²) in [4.78, 5) is 14.0. The predicted molar refractivity (Wildman–Crippen MR) is 85.7 cm³/mol. The molecule has 2 aromatic carbocycles. The molecule has 0 aliphatic heterocycles. The minimum Gasteiger partial charge on any atom is -0.492 e. The van der Waals surface area contributed by atoms with Gasteiger partial charge in [0.05, 0.1) is 6.54 Å². The highest BCUT2D eigenvalue weighted by Gasteiger charge is 2.23. The Kier molecular flexibility index (Phi) is 6.11. The summed E-state index contributed by atoms with van der Waals surface area (Å²) in [6, 6.07) is 15.1. The number of rotatable bonds is 7. The van der Waals surface area contributed by atoms with Gasteiger partial charge in [-0.1, -0.05) is 30.3 Å². The summed E-state index contributed by atoms with van der Waals surface area (Å²) in [7, 11) is 3.21. The average Bonchev–Trinajstić information content (AvgIpc) is 2.58. The summed E-state index contributed by atoms with van der Waals surface area (Å²) in [5.41, 5.74) is 0.811. The third-order valence-corrected chi connectivity index (χ3v) is 3.45. The smallest absolute Gasteiger partial charge is 0.256 e. The minimum atomic E-state index is -0.632. The second-order valence-electron chi connectivity index (χ2n) is 5.09. The summed E-state index contributed by atoms with van der Waals surface area (Å²) >= 11 is 0. The van der Waals surface area contributed by atoms with Crippen molar-refractivity contribution in [1.82, 2.24) is 4.90 Å². The van der Waals surface area contributed by atoms with Crippen molar-refractivity contribution < 1.29 is 18.7 Å². The number of likely N-dealkylation sites (N-methyl/N-ethyl adjacent to an activating group) is 1. The van der Waals surface area contributed by atoms with Crippen molar-refractivity contribution in [2.24, 2.45) is 0 Å². The van der Waals surface area contributed by atoms with E-state index in [-0.39, 0.29) is 11.7 Å². The van der Waals surface area contributed by atoms with Gasteiger partial charge in [0, 0.05) is 14.2 Å². The van der Waals surface area contributed by atoms with E-state index in [0.29, 0.717) is 18.9 Å². The first-order valence-corrected chi connectivity index (χ1v) is 7.33. The molecule has 0 aliphatic rings. The number of carbonyl (C=O) groups is 1. The molecule has 0 bridgehead atoms. The Hall–Kier alpha value is -2.40. The molecule has 1 amide bonds. The number of methoxy groups -OCH3 is 1. The van der Waals surface area contributed by atoms with Gasteiger partial charge in [-0.25, -0.2) is 4.39 Å². The zero-order chi connectivity index (χ0) is 16.7. The normalized spacial score (nSPS) is 11.8. The third kappa shape index (κ3) is 4.79. The van der Waals surface area contributed by atoms with Crippen molar-refractivity contribution >= 4 is 5.91 Å². The lowest BCUT2D eigenvalue weighted by molar-refractivity contribution is -0.141. The van der Waals surface area contributed by atoms with E-state index in [1.807, 2.05) is 30.3 Å². The first-order valence-electron chi connectivity index (χ1n) is 7.33. The number of hydrogen-bond acceptors (Lipinski definition) is 3. The number of carbonyl (C=O) groups excluding carboxylic acids is 1. The van der Waals surface area contributed by atoms with Crippen LogP contribution in [0.15, 0.2) is 54.6 Å². The van der Waals surface area contributed by atoms with Crippen molar-refractivity contribution in [2.45, 2.75) is 6.10 Å². The SMILES string of the molecule is COC(C(=O)N(C)CCOc1ccc(F)cc1)c1ccccc1. The molecule has 23 heavy (non-hydrogen) atoms. The molecule has 122 valence electrons. The van der Waals surface area contributed by atoms with Crippen molar-refractivity contribution in [1.29, 1.82) is 0 Å². The van der Waals surface area contributed by atoms with Gasteiger partial charge in [-0.3, -0.25) is 4.79 Å². The summed E-state index contributed by atoms with van der Waals surface area (Å²) < 4.78 is 23.6. The van der Waals surface area contributed by atoms with Gasteiger partial charge in [0.25, 0.3) is 5.91 Å². The van der Waals surface area contributed by atoms with Crippen LogP contribution in [0.4, 0.5) is 4.39 Å². The summed E-state index contributed by atoms with van der Waals surface area (Å²) in [5.74, 6) is 0.121. The third-order valence-electron chi connectivity index (χ3n) is 3.45. The molecule has 0 aliphatic carbocycles. The van der Waals surface area contributed by atoms with E-state index in [1.54, 1.807) is 24.1 Å². The highest BCUT2D eigenvalue weighted by Crippen LogP contribution is 2.18. The topological polar surface area (TPSA) is 38.8 Å². The fourth-order valence-corrected chi connectivity index (χ4v) is 2.15. The molecule has 4 nitrogen and oxygen atoms in total. The van der Waals surface area contributed by atoms with Crippen LogP contribution in [-0.2, 0) is 9.53 Å². The van der Waals surface area contributed by atoms with E-state index in [2.05, 4.69) is 0 Å². The van der Waals surface area contributed by atoms with Crippen LogP contribution in [0, 0.1) is 5.82 Å². The Morgan fingerprint density at radius 2 is 1.78 bits per heavy atom. The first kappa shape index (κ1) is 17.0.